The molecule has 0 atom stereocenters. The lowest BCUT2D eigenvalue weighted by molar-refractivity contribution is -0.122. The molecule has 23 heavy (non-hydrogen) atoms. The Morgan fingerprint density at radius 3 is 2.65 bits per heavy atom. The fourth-order valence-electron chi connectivity index (χ4n) is 3.06. The lowest BCUT2D eigenvalue weighted by Crippen LogP contribution is -2.51. The summed E-state index contributed by atoms with van der Waals surface area (Å²) < 4.78 is 4.99. The number of rotatable bonds is 6. The second kappa shape index (κ2) is 9.55. The van der Waals surface area contributed by atoms with Crippen molar-refractivity contribution in [2.24, 2.45) is 0 Å². The molecule has 0 aromatic rings. The van der Waals surface area contributed by atoms with Crippen molar-refractivity contribution >= 4 is 12.0 Å². The molecule has 2 amide bonds. The van der Waals surface area contributed by atoms with E-state index in [1.807, 2.05) is 6.92 Å². The van der Waals surface area contributed by atoms with E-state index in [1.165, 1.54) is 31.3 Å². The van der Waals surface area contributed by atoms with Gasteiger partial charge in [-0.1, -0.05) is 11.6 Å². The Bertz CT molecular complexity index is 429. The van der Waals surface area contributed by atoms with Gasteiger partial charge in [-0.05, 0) is 39.0 Å². The fraction of sp³-hybridized carbons (Fsp3) is 0.765. The molecule has 1 heterocycles. The van der Waals surface area contributed by atoms with Gasteiger partial charge in [-0.3, -0.25) is 9.69 Å². The Morgan fingerprint density at radius 1 is 1.22 bits per heavy atom. The third-order valence-electron chi connectivity index (χ3n) is 4.42. The van der Waals surface area contributed by atoms with Crippen molar-refractivity contribution in [2.45, 2.75) is 39.0 Å². The van der Waals surface area contributed by atoms with Gasteiger partial charge in [0.2, 0.25) is 5.91 Å². The topological polar surface area (TPSA) is 61.9 Å². The van der Waals surface area contributed by atoms with Gasteiger partial charge < -0.3 is 15.0 Å². The van der Waals surface area contributed by atoms with Crippen LogP contribution in [0.4, 0.5) is 4.79 Å². The highest BCUT2D eigenvalue weighted by Crippen LogP contribution is 2.19. The monoisotopic (exact) mass is 323 g/mol. The number of carbonyl (C=O) groups excluding carboxylic acids is 2. The zero-order valence-electron chi connectivity index (χ0n) is 14.2. The van der Waals surface area contributed by atoms with Crippen LogP contribution < -0.4 is 5.32 Å². The molecule has 0 spiro atoms. The van der Waals surface area contributed by atoms with Gasteiger partial charge in [-0.15, -0.1) is 0 Å². The van der Waals surface area contributed by atoms with Gasteiger partial charge >= 0.3 is 6.09 Å². The zero-order valence-corrected chi connectivity index (χ0v) is 14.2. The average Bonchev–Trinajstić information content (AvgIpc) is 2.57. The summed E-state index contributed by atoms with van der Waals surface area (Å²) in [4.78, 5) is 27.4. The molecule has 1 aliphatic heterocycles. The van der Waals surface area contributed by atoms with Crippen LogP contribution in [0.15, 0.2) is 11.6 Å². The smallest absolute Gasteiger partial charge is 0.409 e. The van der Waals surface area contributed by atoms with Gasteiger partial charge in [0, 0.05) is 32.7 Å². The lowest BCUT2D eigenvalue weighted by Gasteiger charge is -2.33. The Balaban J connectivity index is 1.59. The van der Waals surface area contributed by atoms with E-state index in [2.05, 4.69) is 16.3 Å². The fourth-order valence-corrected chi connectivity index (χ4v) is 3.06. The Hall–Kier alpha value is -1.56. The van der Waals surface area contributed by atoms with Crippen molar-refractivity contribution in [1.29, 1.82) is 0 Å². The number of hydrogen-bond acceptors (Lipinski definition) is 4. The summed E-state index contributed by atoms with van der Waals surface area (Å²) in [5.74, 6) is 0.0750. The quantitative estimate of drug-likeness (QED) is 0.757. The largest absolute Gasteiger partial charge is 0.450 e. The van der Waals surface area contributed by atoms with Crippen LogP contribution in [0.25, 0.3) is 0 Å². The highest BCUT2D eigenvalue weighted by molar-refractivity contribution is 5.78. The van der Waals surface area contributed by atoms with Gasteiger partial charge in [0.05, 0.1) is 13.2 Å². The van der Waals surface area contributed by atoms with Crippen molar-refractivity contribution in [3.05, 3.63) is 11.6 Å². The molecule has 2 aliphatic rings. The van der Waals surface area contributed by atoms with Crippen molar-refractivity contribution in [2.75, 3.05) is 45.9 Å². The number of piperazine rings is 1. The third-order valence-corrected chi connectivity index (χ3v) is 4.42. The summed E-state index contributed by atoms with van der Waals surface area (Å²) in [6, 6.07) is 0. The van der Waals surface area contributed by atoms with Crippen LogP contribution in [-0.2, 0) is 9.53 Å². The normalized spacial score (nSPS) is 19.2. The van der Waals surface area contributed by atoms with Crippen LogP contribution in [0.1, 0.15) is 39.0 Å². The van der Waals surface area contributed by atoms with E-state index in [-0.39, 0.29) is 12.0 Å². The highest BCUT2D eigenvalue weighted by atomic mass is 16.6. The van der Waals surface area contributed by atoms with Crippen LogP contribution >= 0.6 is 0 Å². The van der Waals surface area contributed by atoms with Crippen molar-refractivity contribution < 1.29 is 14.3 Å². The number of nitrogens with one attached hydrogen (secondary N) is 1. The maximum Gasteiger partial charge on any atom is 0.409 e. The second-order valence-electron chi connectivity index (χ2n) is 6.17. The number of nitrogens with zero attached hydrogens (tertiary/aromatic N) is 2. The third kappa shape index (κ3) is 6.22. The molecule has 0 aromatic heterocycles. The molecule has 0 bridgehead atoms. The number of allylic oxidation sites excluding steroid dienone is 1. The van der Waals surface area contributed by atoms with Gasteiger partial charge in [-0.25, -0.2) is 4.79 Å². The van der Waals surface area contributed by atoms with E-state index in [0.29, 0.717) is 26.2 Å². The van der Waals surface area contributed by atoms with Gasteiger partial charge in [0.1, 0.15) is 0 Å². The average molecular weight is 323 g/mol. The molecular weight excluding hydrogens is 294 g/mol. The first-order chi connectivity index (χ1) is 11.2. The summed E-state index contributed by atoms with van der Waals surface area (Å²) in [5, 5.41) is 3.00. The summed E-state index contributed by atoms with van der Waals surface area (Å²) in [5.41, 5.74) is 1.49. The predicted octanol–water partition coefficient (Wildman–Crippen LogP) is 1.77. The minimum absolute atomic E-state index is 0.0750. The number of amides is 2. The van der Waals surface area contributed by atoms with E-state index in [1.54, 1.807) is 4.90 Å². The van der Waals surface area contributed by atoms with Gasteiger partial charge in [-0.2, -0.15) is 0 Å². The number of carbonyl (C=O) groups is 2. The molecule has 6 nitrogen and oxygen atoms in total. The summed E-state index contributed by atoms with van der Waals surface area (Å²) in [6.45, 7) is 6.04. The van der Waals surface area contributed by atoms with Crippen molar-refractivity contribution in [1.82, 2.24) is 15.1 Å². The van der Waals surface area contributed by atoms with E-state index in [0.717, 1.165) is 26.1 Å². The molecule has 2 rings (SSSR count). The Kier molecular flexibility index (Phi) is 7.39. The van der Waals surface area contributed by atoms with Gasteiger partial charge in [0.15, 0.2) is 0 Å². The molecule has 0 saturated carbocycles. The van der Waals surface area contributed by atoms with Crippen LogP contribution in [-0.4, -0.2) is 67.7 Å². The lowest BCUT2D eigenvalue weighted by atomic mass is 9.97. The van der Waals surface area contributed by atoms with E-state index >= 15 is 0 Å². The molecule has 0 unspecified atom stereocenters. The minimum Gasteiger partial charge on any atom is -0.450 e. The maximum atomic E-state index is 12.0. The highest BCUT2D eigenvalue weighted by Gasteiger charge is 2.22. The zero-order chi connectivity index (χ0) is 16.5. The SMILES string of the molecule is CCOC(=O)N1CCN(CC(=O)NCCC2=CCCCC2)CC1. The molecule has 0 radical (unpaired) electrons. The molecule has 1 N–H and O–H groups in total. The molecular formula is C17H29N3O3. The molecule has 130 valence electrons. The maximum absolute atomic E-state index is 12.0. The minimum atomic E-state index is -0.252. The van der Waals surface area contributed by atoms with Crippen molar-refractivity contribution in [3.63, 3.8) is 0 Å². The van der Waals surface area contributed by atoms with E-state index in [4.69, 9.17) is 4.74 Å². The summed E-state index contributed by atoms with van der Waals surface area (Å²) >= 11 is 0. The van der Waals surface area contributed by atoms with Crippen LogP contribution in [0.2, 0.25) is 0 Å². The van der Waals surface area contributed by atoms with Gasteiger partial charge in [0.25, 0.3) is 0 Å². The number of ether oxygens (including phenoxy) is 1. The first-order valence-corrected chi connectivity index (χ1v) is 8.77. The van der Waals surface area contributed by atoms with E-state index < -0.39 is 0 Å². The first-order valence-electron chi connectivity index (χ1n) is 8.77. The molecule has 1 aliphatic carbocycles. The molecule has 1 saturated heterocycles. The summed E-state index contributed by atoms with van der Waals surface area (Å²) in [6.07, 6.45) is 8.00. The predicted molar refractivity (Wildman–Crippen MR) is 89.2 cm³/mol. The Morgan fingerprint density at radius 2 is 2.00 bits per heavy atom. The van der Waals surface area contributed by atoms with Crippen LogP contribution in [0, 0.1) is 0 Å². The molecule has 1 fully saturated rings. The van der Waals surface area contributed by atoms with Crippen molar-refractivity contribution in [3.8, 4) is 0 Å². The second-order valence-corrected chi connectivity index (χ2v) is 6.17. The van der Waals surface area contributed by atoms with Crippen LogP contribution in [0.5, 0.6) is 0 Å². The summed E-state index contributed by atoms with van der Waals surface area (Å²) in [7, 11) is 0. The first kappa shape index (κ1) is 17.8. The van der Waals surface area contributed by atoms with Crippen LogP contribution in [0.3, 0.4) is 0 Å². The van der Waals surface area contributed by atoms with E-state index in [9.17, 15) is 9.59 Å². The standard InChI is InChI=1S/C17H29N3O3/c1-2-23-17(22)20-12-10-19(11-13-20)14-16(21)18-9-8-15-6-4-3-5-7-15/h6H,2-5,7-14H2,1H3,(H,18,21). The number of hydrogen-bond donors (Lipinski definition) is 1. The molecule has 0 aromatic carbocycles. The Labute approximate surface area is 138 Å². The molecule has 6 heteroatoms.